The van der Waals surface area contributed by atoms with Crippen LogP contribution in [0.15, 0.2) is 0 Å². The second-order valence-electron chi connectivity index (χ2n) is 7.09. The van der Waals surface area contributed by atoms with Crippen molar-refractivity contribution in [3.8, 4) is 0 Å². The van der Waals surface area contributed by atoms with Crippen LogP contribution in [-0.2, 0) is 9.47 Å². The number of likely N-dealkylation sites (N-methyl/N-ethyl adjacent to an activating group) is 1. The van der Waals surface area contributed by atoms with Gasteiger partial charge in [-0.05, 0) is 19.9 Å². The SMILES string of the molecule is CN1C[C@@H]2COCCN2C2(C1)CN(C1CCOCC1)C2. The zero-order valence-corrected chi connectivity index (χ0v) is 12.6. The van der Waals surface area contributed by atoms with Crippen LogP contribution in [0, 0.1) is 0 Å². The molecule has 0 radical (unpaired) electrons. The van der Waals surface area contributed by atoms with Crippen LogP contribution < -0.4 is 0 Å². The zero-order valence-electron chi connectivity index (χ0n) is 12.6. The van der Waals surface area contributed by atoms with Gasteiger partial charge in [-0.3, -0.25) is 9.80 Å². The fourth-order valence-electron chi connectivity index (χ4n) is 4.75. The summed E-state index contributed by atoms with van der Waals surface area (Å²) in [5.74, 6) is 0. The highest BCUT2D eigenvalue weighted by atomic mass is 16.5. The van der Waals surface area contributed by atoms with Gasteiger partial charge < -0.3 is 14.4 Å². The highest BCUT2D eigenvalue weighted by molar-refractivity contribution is 5.12. The summed E-state index contributed by atoms with van der Waals surface area (Å²) in [4.78, 5) is 7.98. The molecular weight excluding hydrogens is 254 g/mol. The third-order valence-corrected chi connectivity index (χ3v) is 5.63. The summed E-state index contributed by atoms with van der Waals surface area (Å²) in [6.45, 7) is 9.75. The minimum Gasteiger partial charge on any atom is -0.381 e. The van der Waals surface area contributed by atoms with Gasteiger partial charge in [-0.25, -0.2) is 0 Å². The van der Waals surface area contributed by atoms with Crippen molar-refractivity contribution in [2.75, 3.05) is 66.2 Å². The topological polar surface area (TPSA) is 28.2 Å². The van der Waals surface area contributed by atoms with Crippen LogP contribution in [0.1, 0.15) is 12.8 Å². The highest BCUT2D eigenvalue weighted by Crippen LogP contribution is 2.37. The molecule has 0 aromatic rings. The number of ether oxygens (including phenoxy) is 2. The fourth-order valence-corrected chi connectivity index (χ4v) is 4.75. The van der Waals surface area contributed by atoms with Crippen LogP contribution in [-0.4, -0.2) is 98.5 Å². The van der Waals surface area contributed by atoms with Crippen molar-refractivity contribution in [1.29, 1.82) is 0 Å². The van der Waals surface area contributed by atoms with Gasteiger partial charge in [0.15, 0.2) is 0 Å². The highest BCUT2D eigenvalue weighted by Gasteiger charge is 2.54. The summed E-state index contributed by atoms with van der Waals surface area (Å²) < 4.78 is 11.2. The molecule has 114 valence electrons. The molecule has 0 bridgehead atoms. The molecule has 4 aliphatic rings. The van der Waals surface area contributed by atoms with Gasteiger partial charge in [-0.2, -0.15) is 0 Å². The lowest BCUT2D eigenvalue weighted by atomic mass is 9.81. The van der Waals surface area contributed by atoms with Gasteiger partial charge >= 0.3 is 0 Å². The van der Waals surface area contributed by atoms with Gasteiger partial charge in [0.05, 0.1) is 18.8 Å². The molecule has 4 rings (SSSR count). The number of morpholine rings is 1. The van der Waals surface area contributed by atoms with E-state index in [1.165, 1.54) is 39.0 Å². The van der Waals surface area contributed by atoms with Crippen molar-refractivity contribution in [2.24, 2.45) is 0 Å². The molecule has 0 aromatic carbocycles. The summed E-state index contributed by atoms with van der Waals surface area (Å²) >= 11 is 0. The van der Waals surface area contributed by atoms with Crippen molar-refractivity contribution >= 4 is 0 Å². The van der Waals surface area contributed by atoms with Crippen molar-refractivity contribution in [3.05, 3.63) is 0 Å². The van der Waals surface area contributed by atoms with E-state index in [1.54, 1.807) is 0 Å². The predicted molar refractivity (Wildman–Crippen MR) is 77.0 cm³/mol. The van der Waals surface area contributed by atoms with Crippen LogP contribution in [0.3, 0.4) is 0 Å². The van der Waals surface area contributed by atoms with Crippen molar-refractivity contribution < 1.29 is 9.47 Å². The second kappa shape index (κ2) is 5.21. The van der Waals surface area contributed by atoms with E-state index in [2.05, 4.69) is 21.7 Å². The molecule has 20 heavy (non-hydrogen) atoms. The molecule has 4 fully saturated rings. The second-order valence-corrected chi connectivity index (χ2v) is 7.09. The van der Waals surface area contributed by atoms with Crippen LogP contribution in [0.4, 0.5) is 0 Å². The number of rotatable bonds is 1. The Labute approximate surface area is 121 Å². The molecule has 5 nitrogen and oxygen atoms in total. The van der Waals surface area contributed by atoms with Gasteiger partial charge in [0, 0.05) is 58.0 Å². The van der Waals surface area contributed by atoms with E-state index in [1.807, 2.05) is 0 Å². The summed E-state index contributed by atoms with van der Waals surface area (Å²) in [6, 6.07) is 1.38. The van der Waals surface area contributed by atoms with E-state index in [9.17, 15) is 0 Å². The molecule has 0 N–H and O–H groups in total. The van der Waals surface area contributed by atoms with Crippen LogP contribution in [0.2, 0.25) is 0 Å². The first-order valence-corrected chi connectivity index (χ1v) is 8.12. The number of piperazine rings is 1. The number of hydrogen-bond donors (Lipinski definition) is 0. The maximum Gasteiger partial charge on any atom is 0.0635 e. The number of hydrogen-bond acceptors (Lipinski definition) is 5. The molecule has 4 heterocycles. The van der Waals surface area contributed by atoms with Crippen LogP contribution in [0.25, 0.3) is 0 Å². The summed E-state index contributed by atoms with van der Waals surface area (Å²) in [5.41, 5.74) is 0.403. The molecule has 4 aliphatic heterocycles. The Morgan fingerprint density at radius 3 is 2.55 bits per heavy atom. The minimum absolute atomic E-state index is 0.403. The lowest BCUT2D eigenvalue weighted by Gasteiger charge is -2.64. The first-order chi connectivity index (χ1) is 9.77. The Bertz CT molecular complexity index is 353. The zero-order chi connectivity index (χ0) is 13.6. The average molecular weight is 281 g/mol. The Morgan fingerprint density at radius 2 is 1.75 bits per heavy atom. The Morgan fingerprint density at radius 1 is 0.950 bits per heavy atom. The standard InChI is InChI=1S/C15H27N3O2/c1-16-8-14-9-20-7-4-18(14)15(10-16)11-17(12-15)13-2-5-19-6-3-13/h13-14H,2-12H2,1H3/t14-/m1/s1. The van der Waals surface area contributed by atoms with Crippen molar-refractivity contribution in [2.45, 2.75) is 30.5 Å². The van der Waals surface area contributed by atoms with Gasteiger partial charge in [0.25, 0.3) is 0 Å². The van der Waals surface area contributed by atoms with E-state index < -0.39 is 0 Å². The average Bonchev–Trinajstić information content (AvgIpc) is 2.44. The smallest absolute Gasteiger partial charge is 0.0635 e. The first-order valence-electron chi connectivity index (χ1n) is 8.12. The molecule has 4 saturated heterocycles. The molecule has 0 aliphatic carbocycles. The van der Waals surface area contributed by atoms with Gasteiger partial charge in [-0.15, -0.1) is 0 Å². The van der Waals surface area contributed by atoms with E-state index in [4.69, 9.17) is 9.47 Å². The van der Waals surface area contributed by atoms with Crippen molar-refractivity contribution in [3.63, 3.8) is 0 Å². The largest absolute Gasteiger partial charge is 0.381 e. The third-order valence-electron chi connectivity index (χ3n) is 5.63. The maximum atomic E-state index is 5.69. The molecule has 0 saturated carbocycles. The van der Waals surface area contributed by atoms with Gasteiger partial charge in [0.1, 0.15) is 0 Å². The Kier molecular flexibility index (Phi) is 3.51. The Hall–Kier alpha value is -0.200. The number of likely N-dealkylation sites (tertiary alicyclic amines) is 1. The molecule has 1 atom stereocenters. The number of fused-ring (bicyclic) bond motifs is 2. The normalized spacial score (nSPS) is 36.8. The fraction of sp³-hybridized carbons (Fsp3) is 1.00. The van der Waals surface area contributed by atoms with Gasteiger partial charge in [-0.1, -0.05) is 0 Å². The molecular formula is C15H27N3O2. The number of nitrogens with zero attached hydrogens (tertiary/aromatic N) is 3. The summed E-state index contributed by atoms with van der Waals surface area (Å²) in [7, 11) is 2.27. The Balaban J connectivity index is 1.44. The first kappa shape index (κ1) is 13.5. The summed E-state index contributed by atoms with van der Waals surface area (Å²) in [6.07, 6.45) is 2.44. The quantitative estimate of drug-likeness (QED) is 0.667. The molecule has 1 spiro atoms. The lowest BCUT2D eigenvalue weighted by Crippen LogP contribution is -2.81. The van der Waals surface area contributed by atoms with E-state index in [-0.39, 0.29) is 0 Å². The molecule has 0 unspecified atom stereocenters. The summed E-state index contributed by atoms with van der Waals surface area (Å²) in [5, 5.41) is 0. The molecule has 0 aromatic heterocycles. The third kappa shape index (κ3) is 2.20. The van der Waals surface area contributed by atoms with E-state index in [0.717, 1.165) is 39.0 Å². The predicted octanol–water partition coefficient (Wildman–Crippen LogP) is -0.134. The maximum absolute atomic E-state index is 5.69. The monoisotopic (exact) mass is 281 g/mol. The minimum atomic E-state index is 0.403. The molecule has 5 heteroatoms. The van der Waals surface area contributed by atoms with Gasteiger partial charge in [0.2, 0.25) is 0 Å². The van der Waals surface area contributed by atoms with Crippen LogP contribution >= 0.6 is 0 Å². The van der Waals surface area contributed by atoms with E-state index >= 15 is 0 Å². The van der Waals surface area contributed by atoms with Crippen molar-refractivity contribution in [1.82, 2.24) is 14.7 Å². The molecule has 0 amide bonds. The lowest BCUT2D eigenvalue weighted by molar-refractivity contribution is -0.174. The van der Waals surface area contributed by atoms with Crippen LogP contribution in [0.5, 0.6) is 0 Å². The van der Waals surface area contributed by atoms with E-state index in [0.29, 0.717) is 11.6 Å².